The fourth-order valence-electron chi connectivity index (χ4n) is 3.78. The van der Waals surface area contributed by atoms with Crippen LogP contribution < -0.4 is 5.32 Å². The summed E-state index contributed by atoms with van der Waals surface area (Å²) in [5.74, 6) is 1.49. The summed E-state index contributed by atoms with van der Waals surface area (Å²) in [5.41, 5.74) is 0.444. The second kappa shape index (κ2) is 9.54. The molecule has 8 nitrogen and oxygen atoms in total. The Kier molecular flexibility index (Phi) is 7.12. The minimum atomic E-state index is -3.37. The topological polar surface area (TPSA) is 91.0 Å². The summed E-state index contributed by atoms with van der Waals surface area (Å²) in [5, 5.41) is 7.08. The number of nitrogens with one attached hydrogen (secondary N) is 1. The van der Waals surface area contributed by atoms with Crippen LogP contribution in [0.4, 0.5) is 0 Å². The van der Waals surface area contributed by atoms with E-state index in [9.17, 15) is 8.42 Å². The molecule has 0 unspecified atom stereocenters. The lowest BCUT2D eigenvalue weighted by atomic mass is 9.89. The molecule has 0 aromatic carbocycles. The van der Waals surface area contributed by atoms with Crippen LogP contribution in [0.15, 0.2) is 21.8 Å². The number of rotatable bonds is 6. The van der Waals surface area contributed by atoms with Gasteiger partial charge in [-0.05, 0) is 25.7 Å². The fraction of sp³-hybridized carbons (Fsp3) is 0.778. The summed E-state index contributed by atoms with van der Waals surface area (Å²) in [7, 11) is -3.37. The van der Waals surface area contributed by atoms with Crippen LogP contribution >= 0.6 is 0 Å². The van der Waals surface area contributed by atoms with E-state index in [1.165, 1.54) is 38.4 Å². The minimum absolute atomic E-state index is 0.112. The number of aromatic nitrogens is 1. The van der Waals surface area contributed by atoms with Crippen LogP contribution in [0.5, 0.6) is 0 Å². The van der Waals surface area contributed by atoms with Crippen molar-refractivity contribution < 1.29 is 12.9 Å². The molecule has 0 bridgehead atoms. The third kappa shape index (κ3) is 5.68. The van der Waals surface area contributed by atoms with Crippen LogP contribution in [0.2, 0.25) is 0 Å². The van der Waals surface area contributed by atoms with Crippen molar-refractivity contribution in [3.05, 3.63) is 18.0 Å². The Bertz CT molecular complexity index is 691. The molecule has 1 aromatic heterocycles. The monoisotopic (exact) mass is 397 g/mol. The first-order valence-corrected chi connectivity index (χ1v) is 11.6. The highest BCUT2D eigenvalue weighted by Crippen LogP contribution is 2.23. The highest BCUT2D eigenvalue weighted by atomic mass is 32.2. The Morgan fingerprint density at radius 3 is 2.63 bits per heavy atom. The van der Waals surface area contributed by atoms with Crippen LogP contribution in [0.3, 0.4) is 0 Å². The van der Waals surface area contributed by atoms with Crippen LogP contribution in [0.25, 0.3) is 0 Å². The molecule has 9 heteroatoms. The molecule has 0 spiro atoms. The lowest BCUT2D eigenvalue weighted by molar-refractivity contribution is 0.259. The molecule has 1 aromatic rings. The van der Waals surface area contributed by atoms with E-state index in [0.717, 1.165) is 19.0 Å². The fourth-order valence-corrected chi connectivity index (χ4v) is 5.20. The zero-order valence-electron chi connectivity index (χ0n) is 16.1. The van der Waals surface area contributed by atoms with Gasteiger partial charge in [0.05, 0.1) is 5.69 Å². The molecule has 1 saturated heterocycles. The molecule has 27 heavy (non-hydrogen) atoms. The summed E-state index contributed by atoms with van der Waals surface area (Å²) in [6, 6.07) is 1.59. The van der Waals surface area contributed by atoms with Gasteiger partial charge in [0.2, 0.25) is 10.0 Å². The molecular formula is C18H31N5O3S. The SMILES string of the molecule is CCNC(=NCC1CCCCC1)N1CCN(S(=O)(=O)Cc2ccon2)CC1. The van der Waals surface area contributed by atoms with Crippen LogP contribution in [0.1, 0.15) is 44.7 Å². The molecule has 2 aliphatic rings. The Morgan fingerprint density at radius 2 is 2.00 bits per heavy atom. The van der Waals surface area contributed by atoms with Gasteiger partial charge in [-0.1, -0.05) is 24.4 Å². The largest absolute Gasteiger partial charge is 0.364 e. The van der Waals surface area contributed by atoms with E-state index in [0.29, 0.717) is 37.8 Å². The molecule has 0 radical (unpaired) electrons. The molecular weight excluding hydrogens is 366 g/mol. The van der Waals surface area contributed by atoms with Crippen molar-refractivity contribution in [2.45, 2.75) is 44.8 Å². The van der Waals surface area contributed by atoms with Gasteiger partial charge in [-0.25, -0.2) is 8.42 Å². The summed E-state index contributed by atoms with van der Waals surface area (Å²) in [6.45, 7) is 5.97. The first-order chi connectivity index (χ1) is 13.1. The molecule has 1 aliphatic heterocycles. The zero-order chi connectivity index (χ0) is 19.1. The Hall–Kier alpha value is -1.61. The van der Waals surface area contributed by atoms with Gasteiger partial charge in [0.15, 0.2) is 5.96 Å². The quantitative estimate of drug-likeness (QED) is 0.580. The number of piperazine rings is 1. The van der Waals surface area contributed by atoms with Gasteiger partial charge in [0, 0.05) is 45.3 Å². The van der Waals surface area contributed by atoms with Crippen molar-refractivity contribution >= 4 is 16.0 Å². The van der Waals surface area contributed by atoms with Crippen molar-refractivity contribution in [1.29, 1.82) is 0 Å². The molecule has 0 amide bonds. The zero-order valence-corrected chi connectivity index (χ0v) is 17.0. The minimum Gasteiger partial charge on any atom is -0.364 e. The van der Waals surface area contributed by atoms with Gasteiger partial charge < -0.3 is 14.7 Å². The third-order valence-electron chi connectivity index (χ3n) is 5.31. The van der Waals surface area contributed by atoms with E-state index < -0.39 is 10.0 Å². The van der Waals surface area contributed by atoms with Crippen LogP contribution in [0, 0.1) is 5.92 Å². The highest BCUT2D eigenvalue weighted by molar-refractivity contribution is 7.88. The summed E-state index contributed by atoms with van der Waals surface area (Å²) in [6.07, 6.45) is 7.94. The average Bonchev–Trinajstić information content (AvgIpc) is 3.18. The van der Waals surface area contributed by atoms with Crippen molar-refractivity contribution in [2.75, 3.05) is 39.3 Å². The number of hydrogen-bond acceptors (Lipinski definition) is 5. The average molecular weight is 398 g/mol. The van der Waals surface area contributed by atoms with Gasteiger partial charge >= 0.3 is 0 Å². The Labute approximate surface area is 162 Å². The molecule has 0 atom stereocenters. The smallest absolute Gasteiger partial charge is 0.220 e. The molecule has 152 valence electrons. The summed E-state index contributed by atoms with van der Waals surface area (Å²) >= 11 is 0. The lowest BCUT2D eigenvalue weighted by Gasteiger charge is -2.36. The van der Waals surface area contributed by atoms with Gasteiger partial charge in [-0.2, -0.15) is 4.31 Å². The second-order valence-corrected chi connectivity index (χ2v) is 9.30. The molecule has 1 aliphatic carbocycles. The maximum atomic E-state index is 12.6. The first-order valence-electron chi connectivity index (χ1n) is 9.99. The Balaban J connectivity index is 1.55. The maximum absolute atomic E-state index is 12.6. The van der Waals surface area contributed by atoms with E-state index >= 15 is 0 Å². The van der Waals surface area contributed by atoms with Crippen molar-refractivity contribution in [3.63, 3.8) is 0 Å². The predicted molar refractivity (Wildman–Crippen MR) is 105 cm³/mol. The van der Waals surface area contributed by atoms with Crippen molar-refractivity contribution in [1.82, 2.24) is 19.7 Å². The van der Waals surface area contributed by atoms with E-state index in [-0.39, 0.29) is 5.75 Å². The van der Waals surface area contributed by atoms with E-state index in [2.05, 4.69) is 22.3 Å². The molecule has 2 fully saturated rings. The number of hydrogen-bond donors (Lipinski definition) is 1. The van der Waals surface area contributed by atoms with E-state index in [1.807, 2.05) is 0 Å². The lowest BCUT2D eigenvalue weighted by Crippen LogP contribution is -2.54. The maximum Gasteiger partial charge on any atom is 0.220 e. The van der Waals surface area contributed by atoms with Crippen LogP contribution in [-0.4, -0.2) is 68.0 Å². The summed E-state index contributed by atoms with van der Waals surface area (Å²) in [4.78, 5) is 7.02. The normalized spacial score (nSPS) is 20.8. The van der Waals surface area contributed by atoms with E-state index in [1.54, 1.807) is 10.4 Å². The predicted octanol–water partition coefficient (Wildman–Crippen LogP) is 1.67. The summed E-state index contributed by atoms with van der Waals surface area (Å²) < 4.78 is 31.4. The molecule has 1 saturated carbocycles. The van der Waals surface area contributed by atoms with Gasteiger partial charge in [0.25, 0.3) is 0 Å². The molecule has 1 N–H and O–H groups in total. The standard InChI is InChI=1S/C18H31N5O3S/c1-2-19-18(20-14-16-6-4-3-5-7-16)22-9-11-23(12-10-22)27(24,25)15-17-8-13-26-21-17/h8,13,16H,2-7,9-12,14-15H2,1H3,(H,19,20). The van der Waals surface area contributed by atoms with Gasteiger partial charge in [-0.3, -0.25) is 4.99 Å². The second-order valence-electron chi connectivity index (χ2n) is 7.33. The van der Waals surface area contributed by atoms with Gasteiger partial charge in [-0.15, -0.1) is 0 Å². The Morgan fingerprint density at radius 1 is 1.26 bits per heavy atom. The van der Waals surface area contributed by atoms with Gasteiger partial charge in [0.1, 0.15) is 12.0 Å². The number of guanidine groups is 1. The highest BCUT2D eigenvalue weighted by Gasteiger charge is 2.29. The number of nitrogens with zero attached hydrogens (tertiary/aromatic N) is 4. The van der Waals surface area contributed by atoms with Crippen molar-refractivity contribution in [2.24, 2.45) is 10.9 Å². The van der Waals surface area contributed by atoms with E-state index in [4.69, 9.17) is 9.52 Å². The van der Waals surface area contributed by atoms with Crippen molar-refractivity contribution in [3.8, 4) is 0 Å². The van der Waals surface area contributed by atoms with Crippen LogP contribution in [-0.2, 0) is 15.8 Å². The first kappa shape index (κ1) is 20.1. The third-order valence-corrected chi connectivity index (χ3v) is 7.12. The molecule has 2 heterocycles. The molecule has 3 rings (SSSR count). The number of sulfonamides is 1. The number of aliphatic imine (C=N–C) groups is 1.